The zero-order valence-electron chi connectivity index (χ0n) is 13.6. The normalized spacial score (nSPS) is 11.6. The Hall–Kier alpha value is -2.87. The predicted molar refractivity (Wildman–Crippen MR) is 88.8 cm³/mol. The van der Waals surface area contributed by atoms with E-state index in [4.69, 9.17) is 10.00 Å². The smallest absolute Gasteiger partial charge is 0.258 e. The first-order valence-electron chi connectivity index (χ1n) is 7.68. The number of ether oxygens (including phenoxy) is 1. The highest BCUT2D eigenvalue weighted by Crippen LogP contribution is 2.22. The molecule has 0 saturated carbocycles. The average Bonchev–Trinajstić information content (AvgIpc) is 2.58. The second-order valence-electron chi connectivity index (χ2n) is 5.74. The number of para-hydroxylation sites is 1. The van der Waals surface area contributed by atoms with Crippen LogP contribution in [0.1, 0.15) is 31.0 Å². The number of rotatable bonds is 6. The van der Waals surface area contributed by atoms with Crippen molar-refractivity contribution in [3.05, 3.63) is 65.5 Å². The van der Waals surface area contributed by atoms with Crippen molar-refractivity contribution in [3.63, 3.8) is 0 Å². The van der Waals surface area contributed by atoms with Gasteiger partial charge in [-0.3, -0.25) is 4.79 Å². The molecule has 1 atom stereocenters. The lowest BCUT2D eigenvalue weighted by Gasteiger charge is -2.23. The van der Waals surface area contributed by atoms with Gasteiger partial charge in [0, 0.05) is 0 Å². The van der Waals surface area contributed by atoms with E-state index in [9.17, 15) is 9.18 Å². The molecule has 0 aliphatic heterocycles. The first-order valence-corrected chi connectivity index (χ1v) is 7.68. The summed E-state index contributed by atoms with van der Waals surface area (Å²) in [4.78, 5) is 12.2. The predicted octanol–water partition coefficient (Wildman–Crippen LogP) is 3.59. The van der Waals surface area contributed by atoms with Crippen LogP contribution in [0.15, 0.2) is 48.5 Å². The number of nitriles is 1. The van der Waals surface area contributed by atoms with Crippen LogP contribution in [0.4, 0.5) is 4.39 Å². The molecule has 0 aromatic heterocycles. The van der Waals surface area contributed by atoms with Gasteiger partial charge in [-0.1, -0.05) is 38.1 Å². The van der Waals surface area contributed by atoms with E-state index in [1.807, 2.05) is 19.9 Å². The standard InChI is InChI=1S/C19H19FN2O2/c1-13(2)19(14-7-9-16(20)10-8-14)22-18(23)12-24-17-6-4-3-5-15(17)11-21/h3-10,13,19H,12H2,1-2H3,(H,22,23)/t19-/m1/s1. The van der Waals surface area contributed by atoms with Crippen molar-refractivity contribution in [1.29, 1.82) is 5.26 Å². The fraction of sp³-hybridized carbons (Fsp3) is 0.263. The number of carbonyl (C=O) groups excluding carboxylic acids is 1. The molecule has 1 amide bonds. The Morgan fingerprint density at radius 1 is 1.21 bits per heavy atom. The quantitative estimate of drug-likeness (QED) is 0.882. The maximum absolute atomic E-state index is 13.1. The van der Waals surface area contributed by atoms with Crippen LogP contribution >= 0.6 is 0 Å². The van der Waals surface area contributed by atoms with Gasteiger partial charge in [-0.05, 0) is 35.7 Å². The number of carbonyl (C=O) groups is 1. The second-order valence-corrected chi connectivity index (χ2v) is 5.74. The minimum Gasteiger partial charge on any atom is -0.482 e. The Morgan fingerprint density at radius 2 is 1.88 bits per heavy atom. The van der Waals surface area contributed by atoms with Gasteiger partial charge in [0.1, 0.15) is 17.6 Å². The Morgan fingerprint density at radius 3 is 2.50 bits per heavy atom. The highest BCUT2D eigenvalue weighted by atomic mass is 19.1. The molecule has 1 N–H and O–H groups in total. The summed E-state index contributed by atoms with van der Waals surface area (Å²) in [6.07, 6.45) is 0. The summed E-state index contributed by atoms with van der Waals surface area (Å²) in [5.74, 6) is -0.112. The molecule has 24 heavy (non-hydrogen) atoms. The average molecular weight is 326 g/mol. The topological polar surface area (TPSA) is 62.1 Å². The highest BCUT2D eigenvalue weighted by Gasteiger charge is 2.19. The third kappa shape index (κ3) is 4.56. The van der Waals surface area contributed by atoms with Crippen LogP contribution in [0.5, 0.6) is 5.75 Å². The van der Waals surface area contributed by atoms with Gasteiger partial charge in [-0.25, -0.2) is 4.39 Å². The number of hydrogen-bond acceptors (Lipinski definition) is 3. The van der Waals surface area contributed by atoms with E-state index < -0.39 is 0 Å². The van der Waals surface area contributed by atoms with Crippen LogP contribution in [0.3, 0.4) is 0 Å². The zero-order chi connectivity index (χ0) is 17.5. The van der Waals surface area contributed by atoms with E-state index in [2.05, 4.69) is 5.32 Å². The maximum atomic E-state index is 13.1. The van der Waals surface area contributed by atoms with E-state index in [1.54, 1.807) is 36.4 Å². The Labute approximate surface area is 140 Å². The van der Waals surface area contributed by atoms with Gasteiger partial charge in [0.2, 0.25) is 0 Å². The molecule has 0 aliphatic rings. The third-order valence-corrected chi connectivity index (χ3v) is 3.58. The minimum atomic E-state index is -0.316. The molecule has 5 heteroatoms. The second kappa shape index (κ2) is 8.11. The fourth-order valence-corrected chi connectivity index (χ4v) is 2.35. The van der Waals surface area contributed by atoms with Crippen molar-refractivity contribution in [1.82, 2.24) is 5.32 Å². The summed E-state index contributed by atoms with van der Waals surface area (Å²) in [6, 6.07) is 14.6. The molecule has 2 aromatic carbocycles. The van der Waals surface area contributed by atoms with Gasteiger partial charge < -0.3 is 10.1 Å². The zero-order valence-corrected chi connectivity index (χ0v) is 13.6. The Bertz CT molecular complexity index is 736. The van der Waals surface area contributed by atoms with Gasteiger partial charge in [-0.2, -0.15) is 5.26 Å². The molecule has 2 rings (SSSR count). The van der Waals surface area contributed by atoms with E-state index in [0.29, 0.717) is 11.3 Å². The number of nitrogens with zero attached hydrogens (tertiary/aromatic N) is 1. The lowest BCUT2D eigenvalue weighted by Crippen LogP contribution is -2.35. The van der Waals surface area contributed by atoms with Gasteiger partial charge in [0.05, 0.1) is 11.6 Å². The molecule has 0 spiro atoms. The minimum absolute atomic E-state index is 0.130. The van der Waals surface area contributed by atoms with E-state index >= 15 is 0 Å². The third-order valence-electron chi connectivity index (χ3n) is 3.58. The summed E-state index contributed by atoms with van der Waals surface area (Å²) >= 11 is 0. The van der Waals surface area contributed by atoms with Crippen LogP contribution < -0.4 is 10.1 Å². The summed E-state index contributed by atoms with van der Waals surface area (Å²) in [7, 11) is 0. The van der Waals surface area contributed by atoms with Crippen molar-refractivity contribution < 1.29 is 13.9 Å². The van der Waals surface area contributed by atoms with Crippen LogP contribution in [-0.2, 0) is 4.79 Å². The van der Waals surface area contributed by atoms with Crippen LogP contribution in [0.25, 0.3) is 0 Å². The molecule has 0 heterocycles. The number of halogens is 1. The summed E-state index contributed by atoms with van der Waals surface area (Å²) in [6.45, 7) is 3.75. The van der Waals surface area contributed by atoms with E-state index in [0.717, 1.165) is 5.56 Å². The number of benzene rings is 2. The van der Waals surface area contributed by atoms with Crippen molar-refractivity contribution in [2.24, 2.45) is 5.92 Å². The summed E-state index contributed by atoms with van der Waals surface area (Å²) in [5.41, 5.74) is 1.21. The first kappa shape index (κ1) is 17.5. The largest absolute Gasteiger partial charge is 0.482 e. The van der Waals surface area contributed by atoms with E-state index in [1.165, 1.54) is 12.1 Å². The monoisotopic (exact) mass is 326 g/mol. The summed E-state index contributed by atoms with van der Waals surface area (Å²) in [5, 5.41) is 11.9. The SMILES string of the molecule is CC(C)[C@@H](NC(=O)COc1ccccc1C#N)c1ccc(F)cc1. The van der Waals surface area contributed by atoms with Crippen LogP contribution in [-0.4, -0.2) is 12.5 Å². The highest BCUT2D eigenvalue weighted by molar-refractivity contribution is 5.78. The molecule has 0 radical (unpaired) electrons. The lowest BCUT2D eigenvalue weighted by molar-refractivity contribution is -0.124. The molecule has 0 fully saturated rings. The molecule has 4 nitrogen and oxygen atoms in total. The Kier molecular flexibility index (Phi) is 5.91. The summed E-state index contributed by atoms with van der Waals surface area (Å²) < 4.78 is 18.5. The molecule has 2 aromatic rings. The van der Waals surface area contributed by atoms with Gasteiger partial charge in [-0.15, -0.1) is 0 Å². The maximum Gasteiger partial charge on any atom is 0.258 e. The van der Waals surface area contributed by atoms with Crippen molar-refractivity contribution in [2.75, 3.05) is 6.61 Å². The molecule has 0 bridgehead atoms. The van der Waals surface area contributed by atoms with Crippen LogP contribution in [0.2, 0.25) is 0 Å². The number of nitrogens with one attached hydrogen (secondary N) is 1. The molecular weight excluding hydrogens is 307 g/mol. The molecule has 124 valence electrons. The van der Waals surface area contributed by atoms with Crippen molar-refractivity contribution in [2.45, 2.75) is 19.9 Å². The molecule has 0 aliphatic carbocycles. The molecule has 0 unspecified atom stereocenters. The molecular formula is C19H19FN2O2. The van der Waals surface area contributed by atoms with Crippen LogP contribution in [0, 0.1) is 23.1 Å². The fourth-order valence-electron chi connectivity index (χ4n) is 2.35. The molecule has 0 saturated heterocycles. The lowest BCUT2D eigenvalue weighted by atomic mass is 9.96. The Balaban J connectivity index is 2.01. The van der Waals surface area contributed by atoms with Gasteiger partial charge in [0.25, 0.3) is 5.91 Å². The van der Waals surface area contributed by atoms with Crippen molar-refractivity contribution >= 4 is 5.91 Å². The van der Waals surface area contributed by atoms with E-state index in [-0.39, 0.29) is 30.3 Å². The number of amides is 1. The first-order chi connectivity index (χ1) is 11.5. The number of hydrogen-bond donors (Lipinski definition) is 1. The van der Waals surface area contributed by atoms with Gasteiger partial charge >= 0.3 is 0 Å². The van der Waals surface area contributed by atoms with Crippen molar-refractivity contribution in [3.8, 4) is 11.8 Å². The van der Waals surface area contributed by atoms with Gasteiger partial charge in [0.15, 0.2) is 6.61 Å².